The molecule has 0 saturated heterocycles. The molecule has 2 N–H and O–H groups in total. The summed E-state index contributed by atoms with van der Waals surface area (Å²) in [5, 5.41) is 0.499. The van der Waals surface area contributed by atoms with Crippen LogP contribution in [-0.4, -0.2) is 4.98 Å². The fourth-order valence-electron chi connectivity index (χ4n) is 1.14. The quantitative estimate of drug-likeness (QED) is 0.674. The first kappa shape index (κ1) is 7.91. The van der Waals surface area contributed by atoms with Crippen molar-refractivity contribution in [2.75, 3.05) is 5.73 Å². The number of benzene rings is 1. The van der Waals surface area contributed by atoms with Crippen LogP contribution in [0, 0.1) is 11.6 Å². The van der Waals surface area contributed by atoms with E-state index in [1.165, 1.54) is 6.20 Å². The molecule has 0 bridgehead atoms. The van der Waals surface area contributed by atoms with Crippen LogP contribution in [0.4, 0.5) is 14.5 Å². The van der Waals surface area contributed by atoms with Crippen LogP contribution in [0.2, 0.25) is 0 Å². The van der Waals surface area contributed by atoms with E-state index in [9.17, 15) is 8.78 Å². The van der Waals surface area contributed by atoms with Crippen LogP contribution in [0.3, 0.4) is 0 Å². The first-order valence-corrected chi connectivity index (χ1v) is 3.67. The number of hydrogen-bond donors (Lipinski definition) is 1. The zero-order chi connectivity index (χ0) is 9.42. The molecule has 4 heteroatoms. The lowest BCUT2D eigenvalue weighted by atomic mass is 10.2. The Morgan fingerprint density at radius 1 is 1.08 bits per heavy atom. The summed E-state index contributed by atoms with van der Waals surface area (Å²) in [4.78, 5) is 3.85. The second-order valence-electron chi connectivity index (χ2n) is 2.73. The van der Waals surface area contributed by atoms with Crippen LogP contribution in [0.5, 0.6) is 0 Å². The molecule has 2 aromatic rings. The van der Waals surface area contributed by atoms with E-state index in [0.717, 1.165) is 12.1 Å². The minimum absolute atomic E-state index is 0.396. The number of rotatable bonds is 0. The standard InChI is InChI=1S/C9H6F2N2/c10-7-2-5-1-6(12)4-13-9(5)3-8(7)11/h1-4H,12H2. The van der Waals surface area contributed by atoms with Crippen molar-refractivity contribution in [3.8, 4) is 0 Å². The lowest BCUT2D eigenvalue weighted by molar-refractivity contribution is 0.510. The topological polar surface area (TPSA) is 38.9 Å². The number of anilines is 1. The van der Waals surface area contributed by atoms with Gasteiger partial charge in [-0.05, 0) is 12.1 Å². The van der Waals surface area contributed by atoms with Gasteiger partial charge in [0.2, 0.25) is 0 Å². The van der Waals surface area contributed by atoms with Crippen LogP contribution in [0.15, 0.2) is 24.4 Å². The Morgan fingerprint density at radius 2 is 1.77 bits per heavy atom. The van der Waals surface area contributed by atoms with E-state index in [0.29, 0.717) is 16.6 Å². The van der Waals surface area contributed by atoms with Gasteiger partial charge in [-0.25, -0.2) is 8.78 Å². The fourth-order valence-corrected chi connectivity index (χ4v) is 1.14. The van der Waals surface area contributed by atoms with Crippen LogP contribution < -0.4 is 5.73 Å². The molecule has 0 atom stereocenters. The van der Waals surface area contributed by atoms with Gasteiger partial charge in [-0.1, -0.05) is 0 Å². The molecule has 0 fully saturated rings. The number of fused-ring (bicyclic) bond motifs is 1. The average molecular weight is 180 g/mol. The third-order valence-electron chi connectivity index (χ3n) is 1.74. The van der Waals surface area contributed by atoms with Gasteiger partial charge in [0.15, 0.2) is 11.6 Å². The Bertz CT molecular complexity index is 468. The molecule has 1 aromatic heterocycles. The Balaban J connectivity index is 2.81. The maximum Gasteiger partial charge on any atom is 0.161 e. The SMILES string of the molecule is Nc1cnc2cc(F)c(F)cc2c1. The molecule has 0 unspecified atom stereocenters. The molecule has 13 heavy (non-hydrogen) atoms. The summed E-state index contributed by atoms with van der Waals surface area (Å²) in [5.74, 6) is -1.79. The zero-order valence-electron chi connectivity index (χ0n) is 6.59. The third kappa shape index (κ3) is 1.30. The van der Waals surface area contributed by atoms with Gasteiger partial charge in [-0.15, -0.1) is 0 Å². The zero-order valence-corrected chi connectivity index (χ0v) is 6.59. The van der Waals surface area contributed by atoms with Crippen LogP contribution in [-0.2, 0) is 0 Å². The second-order valence-corrected chi connectivity index (χ2v) is 2.73. The smallest absolute Gasteiger partial charge is 0.161 e. The largest absolute Gasteiger partial charge is 0.397 e. The average Bonchev–Trinajstić information content (AvgIpc) is 2.08. The van der Waals surface area contributed by atoms with Crippen molar-refractivity contribution in [3.05, 3.63) is 36.0 Å². The van der Waals surface area contributed by atoms with Crippen molar-refractivity contribution < 1.29 is 8.78 Å². The molecule has 1 aromatic carbocycles. The first-order chi connectivity index (χ1) is 6.16. The molecule has 0 aliphatic heterocycles. The normalized spacial score (nSPS) is 10.6. The van der Waals surface area contributed by atoms with Crippen molar-refractivity contribution in [1.82, 2.24) is 4.98 Å². The van der Waals surface area contributed by atoms with E-state index in [2.05, 4.69) is 4.98 Å². The van der Waals surface area contributed by atoms with Gasteiger partial charge in [0.25, 0.3) is 0 Å². The lowest BCUT2D eigenvalue weighted by Gasteiger charge is -1.99. The Morgan fingerprint density at radius 3 is 2.54 bits per heavy atom. The minimum Gasteiger partial charge on any atom is -0.397 e. The molecule has 66 valence electrons. The van der Waals surface area contributed by atoms with Crippen LogP contribution >= 0.6 is 0 Å². The predicted molar refractivity (Wildman–Crippen MR) is 46.1 cm³/mol. The number of hydrogen-bond acceptors (Lipinski definition) is 2. The fraction of sp³-hybridized carbons (Fsp3) is 0. The van der Waals surface area contributed by atoms with E-state index >= 15 is 0 Å². The summed E-state index contributed by atoms with van der Waals surface area (Å²) < 4.78 is 25.4. The van der Waals surface area contributed by atoms with Gasteiger partial charge in [-0.3, -0.25) is 4.98 Å². The summed E-state index contributed by atoms with van der Waals surface area (Å²) in [6.07, 6.45) is 1.40. The van der Waals surface area contributed by atoms with E-state index in [1.807, 2.05) is 0 Å². The number of halogens is 2. The molecule has 0 spiro atoms. The van der Waals surface area contributed by atoms with Crippen molar-refractivity contribution >= 4 is 16.6 Å². The Kier molecular flexibility index (Phi) is 1.62. The molecule has 2 nitrogen and oxygen atoms in total. The summed E-state index contributed by atoms with van der Waals surface area (Å²) in [6.45, 7) is 0. The van der Waals surface area contributed by atoms with E-state index in [1.54, 1.807) is 6.07 Å². The molecule has 0 aliphatic carbocycles. The summed E-state index contributed by atoms with van der Waals surface area (Å²) in [5.41, 5.74) is 6.26. The number of aromatic nitrogens is 1. The van der Waals surface area contributed by atoms with Crippen molar-refractivity contribution in [2.24, 2.45) is 0 Å². The minimum atomic E-state index is -0.898. The van der Waals surface area contributed by atoms with Crippen LogP contribution in [0.1, 0.15) is 0 Å². The van der Waals surface area contributed by atoms with E-state index < -0.39 is 11.6 Å². The monoisotopic (exact) mass is 180 g/mol. The summed E-state index contributed by atoms with van der Waals surface area (Å²) in [6, 6.07) is 3.67. The molecule has 0 aliphatic rings. The van der Waals surface area contributed by atoms with Crippen LogP contribution in [0.25, 0.3) is 10.9 Å². The maximum atomic E-state index is 12.7. The highest BCUT2D eigenvalue weighted by Crippen LogP contribution is 2.18. The number of nitrogen functional groups attached to an aromatic ring is 1. The molecular formula is C9H6F2N2. The van der Waals surface area contributed by atoms with Gasteiger partial charge < -0.3 is 5.73 Å². The number of nitrogens with zero attached hydrogens (tertiary/aromatic N) is 1. The van der Waals surface area contributed by atoms with E-state index in [4.69, 9.17) is 5.73 Å². The number of pyridine rings is 1. The highest BCUT2D eigenvalue weighted by atomic mass is 19.2. The highest BCUT2D eigenvalue weighted by molar-refractivity contribution is 5.81. The van der Waals surface area contributed by atoms with Crippen molar-refractivity contribution in [1.29, 1.82) is 0 Å². The lowest BCUT2D eigenvalue weighted by Crippen LogP contribution is -1.90. The highest BCUT2D eigenvalue weighted by Gasteiger charge is 2.04. The first-order valence-electron chi connectivity index (χ1n) is 3.67. The molecular weight excluding hydrogens is 174 g/mol. The summed E-state index contributed by atoms with van der Waals surface area (Å²) in [7, 11) is 0. The summed E-state index contributed by atoms with van der Waals surface area (Å²) >= 11 is 0. The predicted octanol–water partition coefficient (Wildman–Crippen LogP) is 2.10. The van der Waals surface area contributed by atoms with Crippen molar-refractivity contribution in [2.45, 2.75) is 0 Å². The maximum absolute atomic E-state index is 12.7. The van der Waals surface area contributed by atoms with E-state index in [-0.39, 0.29) is 0 Å². The Labute approximate surface area is 73.0 Å². The van der Waals surface area contributed by atoms with Gasteiger partial charge >= 0.3 is 0 Å². The molecule has 2 rings (SSSR count). The molecule has 1 heterocycles. The second kappa shape index (κ2) is 2.65. The third-order valence-corrected chi connectivity index (χ3v) is 1.74. The molecule has 0 saturated carbocycles. The van der Waals surface area contributed by atoms with Gasteiger partial charge in [-0.2, -0.15) is 0 Å². The van der Waals surface area contributed by atoms with Gasteiger partial charge in [0.05, 0.1) is 17.4 Å². The van der Waals surface area contributed by atoms with Crippen molar-refractivity contribution in [3.63, 3.8) is 0 Å². The number of nitrogens with two attached hydrogens (primary N) is 1. The van der Waals surface area contributed by atoms with Gasteiger partial charge in [0, 0.05) is 11.5 Å². The molecule has 0 amide bonds. The Hall–Kier alpha value is -1.71. The molecule has 0 radical (unpaired) electrons. The van der Waals surface area contributed by atoms with Gasteiger partial charge in [0.1, 0.15) is 0 Å².